The maximum absolute atomic E-state index is 13.5. The van der Waals surface area contributed by atoms with Gasteiger partial charge in [0.25, 0.3) is 0 Å². The van der Waals surface area contributed by atoms with Gasteiger partial charge in [0.05, 0.1) is 0 Å². The van der Waals surface area contributed by atoms with Gasteiger partial charge in [-0.15, -0.1) is 0 Å². The van der Waals surface area contributed by atoms with Crippen LogP contribution < -0.4 is 0 Å². The van der Waals surface area contributed by atoms with Gasteiger partial charge >= 0.3 is 0 Å². The molecule has 0 aromatic heterocycles. The van der Waals surface area contributed by atoms with Gasteiger partial charge in [0.1, 0.15) is 17.4 Å². The van der Waals surface area contributed by atoms with Crippen molar-refractivity contribution in [3.05, 3.63) is 35.4 Å². The minimum absolute atomic E-state index is 0.143. The summed E-state index contributed by atoms with van der Waals surface area (Å²) in [6, 6.07) is 3.42. The van der Waals surface area contributed by atoms with Crippen molar-refractivity contribution in [2.45, 2.75) is 32.6 Å². The predicted octanol–water partition coefficient (Wildman–Crippen LogP) is 3.51. The molecule has 3 heteroatoms. The third kappa shape index (κ3) is 2.90. The van der Waals surface area contributed by atoms with Crippen LogP contribution in [0.2, 0.25) is 0 Å². The summed E-state index contributed by atoms with van der Waals surface area (Å²) >= 11 is 0. The van der Waals surface area contributed by atoms with Crippen LogP contribution in [0.3, 0.4) is 0 Å². The number of carbonyl (C=O) groups excluding carboxylic acids is 1. The maximum Gasteiger partial charge on any atom is 0.136 e. The van der Waals surface area contributed by atoms with Crippen LogP contribution in [-0.2, 0) is 11.2 Å². The van der Waals surface area contributed by atoms with E-state index in [0.29, 0.717) is 24.3 Å². The Morgan fingerprint density at radius 3 is 2.88 bits per heavy atom. The summed E-state index contributed by atoms with van der Waals surface area (Å²) in [4.78, 5) is 11.7. The molecule has 1 aliphatic carbocycles. The molecule has 0 radical (unpaired) electrons. The highest BCUT2D eigenvalue weighted by Gasteiger charge is 2.27. The fourth-order valence-corrected chi connectivity index (χ4v) is 2.49. The maximum atomic E-state index is 13.5. The van der Waals surface area contributed by atoms with Gasteiger partial charge in [-0.2, -0.15) is 0 Å². The standard InChI is InChI=1S/C14H16F2O/c1-9-2-5-14(17)11(6-9)7-10-8-12(15)3-4-13(10)16/h3-4,8-9,11H,2,5-7H2,1H3. The number of benzene rings is 1. The molecule has 1 fully saturated rings. The highest BCUT2D eigenvalue weighted by molar-refractivity contribution is 5.82. The predicted molar refractivity (Wildman–Crippen MR) is 61.6 cm³/mol. The van der Waals surface area contributed by atoms with Gasteiger partial charge in [-0.25, -0.2) is 8.78 Å². The molecule has 17 heavy (non-hydrogen) atoms. The lowest BCUT2D eigenvalue weighted by Gasteiger charge is -2.25. The fourth-order valence-electron chi connectivity index (χ4n) is 2.49. The second kappa shape index (κ2) is 4.94. The summed E-state index contributed by atoms with van der Waals surface area (Å²) in [6.07, 6.45) is 2.60. The van der Waals surface area contributed by atoms with E-state index < -0.39 is 11.6 Å². The van der Waals surface area contributed by atoms with E-state index in [-0.39, 0.29) is 11.7 Å². The molecular formula is C14H16F2O. The zero-order chi connectivity index (χ0) is 12.4. The molecule has 0 spiro atoms. The van der Waals surface area contributed by atoms with E-state index in [4.69, 9.17) is 0 Å². The first-order valence-electron chi connectivity index (χ1n) is 6.03. The molecule has 1 aromatic rings. The Morgan fingerprint density at radius 1 is 1.35 bits per heavy atom. The quantitative estimate of drug-likeness (QED) is 0.770. The van der Waals surface area contributed by atoms with E-state index >= 15 is 0 Å². The highest BCUT2D eigenvalue weighted by atomic mass is 19.1. The molecule has 1 aliphatic rings. The zero-order valence-corrected chi connectivity index (χ0v) is 9.88. The SMILES string of the molecule is CC1CCC(=O)C(Cc2cc(F)ccc2F)C1. The van der Waals surface area contributed by atoms with Gasteiger partial charge in [-0.1, -0.05) is 6.92 Å². The summed E-state index contributed by atoms with van der Waals surface area (Å²) in [6.45, 7) is 2.10. The van der Waals surface area contributed by atoms with Crippen LogP contribution in [0.5, 0.6) is 0 Å². The van der Waals surface area contributed by atoms with Crippen molar-refractivity contribution < 1.29 is 13.6 Å². The number of halogens is 2. The first-order valence-corrected chi connectivity index (χ1v) is 6.03. The van der Waals surface area contributed by atoms with Crippen LogP contribution in [0.4, 0.5) is 8.78 Å². The van der Waals surface area contributed by atoms with E-state index in [9.17, 15) is 13.6 Å². The van der Waals surface area contributed by atoms with E-state index in [1.807, 2.05) is 0 Å². The van der Waals surface area contributed by atoms with Crippen LogP contribution in [-0.4, -0.2) is 5.78 Å². The van der Waals surface area contributed by atoms with Gasteiger partial charge in [0.15, 0.2) is 0 Å². The molecule has 0 saturated heterocycles. The Morgan fingerprint density at radius 2 is 2.12 bits per heavy atom. The molecule has 1 nitrogen and oxygen atoms in total. The van der Waals surface area contributed by atoms with Crippen molar-refractivity contribution in [2.24, 2.45) is 11.8 Å². The summed E-state index contributed by atoms with van der Waals surface area (Å²) in [5.41, 5.74) is 0.317. The molecule has 0 bridgehead atoms. The fraction of sp³-hybridized carbons (Fsp3) is 0.500. The topological polar surface area (TPSA) is 17.1 Å². The first kappa shape index (κ1) is 12.2. The van der Waals surface area contributed by atoms with Crippen LogP contribution in [0.25, 0.3) is 0 Å². The second-order valence-corrected chi connectivity index (χ2v) is 4.98. The van der Waals surface area contributed by atoms with Gasteiger partial charge < -0.3 is 0 Å². The van der Waals surface area contributed by atoms with E-state index in [1.165, 1.54) is 6.07 Å². The van der Waals surface area contributed by atoms with Crippen molar-refractivity contribution in [2.75, 3.05) is 0 Å². The van der Waals surface area contributed by atoms with Crippen LogP contribution in [0.1, 0.15) is 31.7 Å². The number of Topliss-reactive ketones (excluding diaryl/α,β-unsaturated/α-hetero) is 1. The molecule has 0 N–H and O–H groups in total. The molecule has 0 amide bonds. The van der Waals surface area contributed by atoms with Crippen molar-refractivity contribution >= 4 is 5.78 Å². The number of hydrogen-bond donors (Lipinski definition) is 0. The normalized spacial score (nSPS) is 25.0. The monoisotopic (exact) mass is 238 g/mol. The van der Waals surface area contributed by atoms with Gasteiger partial charge in [-0.05, 0) is 48.9 Å². The average Bonchev–Trinajstić information content (AvgIpc) is 2.28. The zero-order valence-electron chi connectivity index (χ0n) is 9.88. The molecule has 2 unspecified atom stereocenters. The lowest BCUT2D eigenvalue weighted by molar-refractivity contribution is -0.125. The molecule has 0 aliphatic heterocycles. The average molecular weight is 238 g/mol. The summed E-state index contributed by atoms with van der Waals surface area (Å²) in [7, 11) is 0. The second-order valence-electron chi connectivity index (χ2n) is 4.98. The Balaban J connectivity index is 2.14. The van der Waals surface area contributed by atoms with Gasteiger partial charge in [0.2, 0.25) is 0 Å². The number of hydrogen-bond acceptors (Lipinski definition) is 1. The smallest absolute Gasteiger partial charge is 0.136 e. The molecule has 2 rings (SSSR count). The third-order valence-electron chi connectivity index (χ3n) is 3.50. The minimum Gasteiger partial charge on any atom is -0.299 e. The van der Waals surface area contributed by atoms with Gasteiger partial charge in [0, 0.05) is 12.3 Å². The van der Waals surface area contributed by atoms with E-state index in [0.717, 1.165) is 25.0 Å². The Kier molecular flexibility index (Phi) is 3.55. The molecular weight excluding hydrogens is 222 g/mol. The van der Waals surface area contributed by atoms with Crippen molar-refractivity contribution in [1.29, 1.82) is 0 Å². The third-order valence-corrected chi connectivity index (χ3v) is 3.50. The largest absolute Gasteiger partial charge is 0.299 e. The minimum atomic E-state index is -0.447. The lowest BCUT2D eigenvalue weighted by atomic mass is 9.78. The molecule has 0 heterocycles. The Labute approximate surface area is 99.8 Å². The first-order chi connectivity index (χ1) is 8.06. The highest BCUT2D eigenvalue weighted by Crippen LogP contribution is 2.29. The van der Waals surface area contributed by atoms with Crippen molar-refractivity contribution in [3.63, 3.8) is 0 Å². The van der Waals surface area contributed by atoms with Crippen LogP contribution in [0, 0.1) is 23.5 Å². The molecule has 1 saturated carbocycles. The molecule has 2 atom stereocenters. The number of carbonyl (C=O) groups is 1. The van der Waals surface area contributed by atoms with Crippen molar-refractivity contribution in [3.8, 4) is 0 Å². The lowest BCUT2D eigenvalue weighted by Crippen LogP contribution is -2.25. The van der Waals surface area contributed by atoms with Gasteiger partial charge in [-0.3, -0.25) is 4.79 Å². The summed E-state index contributed by atoms with van der Waals surface area (Å²) in [5, 5.41) is 0. The van der Waals surface area contributed by atoms with E-state index in [2.05, 4.69) is 6.92 Å². The van der Waals surface area contributed by atoms with Crippen LogP contribution >= 0.6 is 0 Å². The summed E-state index contributed by atoms with van der Waals surface area (Å²) < 4.78 is 26.5. The Bertz CT molecular complexity index is 428. The van der Waals surface area contributed by atoms with Crippen molar-refractivity contribution in [1.82, 2.24) is 0 Å². The van der Waals surface area contributed by atoms with Crippen LogP contribution in [0.15, 0.2) is 18.2 Å². The Hall–Kier alpha value is -1.25. The van der Waals surface area contributed by atoms with E-state index in [1.54, 1.807) is 0 Å². The number of ketones is 1. The summed E-state index contributed by atoms with van der Waals surface area (Å²) in [5.74, 6) is -0.328. The molecule has 1 aromatic carbocycles. The molecule has 92 valence electrons. The number of rotatable bonds is 2.